The molecule has 11 heteroatoms. The molecule has 0 bridgehead atoms. The third kappa shape index (κ3) is 11.5. The van der Waals surface area contributed by atoms with E-state index in [1.54, 1.807) is 0 Å². The van der Waals surface area contributed by atoms with Gasteiger partial charge in [0.2, 0.25) is 0 Å². The molecule has 0 atom stereocenters. The van der Waals surface area contributed by atoms with Crippen LogP contribution in [0.3, 0.4) is 0 Å². The molecule has 0 heterocycles. The summed E-state index contributed by atoms with van der Waals surface area (Å²) in [5.41, 5.74) is -1.52. The fourth-order valence-electron chi connectivity index (χ4n) is 1.47. The first-order valence-electron chi connectivity index (χ1n) is 7.04. The minimum atomic E-state index is -1.52. The lowest BCUT2D eigenvalue weighted by Crippen LogP contribution is -2.43. The number of ether oxygens (including phenoxy) is 3. The van der Waals surface area contributed by atoms with Crippen molar-refractivity contribution in [1.82, 2.24) is 0 Å². The number of carbonyl (C=O) groups is 3. The molecule has 0 rings (SSSR count). The fraction of sp³-hybridized carbons (Fsp3) is 0.769. The molecule has 0 aromatic rings. The largest absolute Gasteiger partial charge is 0.481 e. The van der Waals surface area contributed by atoms with Crippen LogP contribution >= 0.6 is 0 Å². The van der Waals surface area contributed by atoms with Crippen molar-refractivity contribution in [2.24, 2.45) is 5.18 Å². The minimum absolute atomic E-state index is 0.156. The number of aliphatic carboxylic acids is 3. The number of rotatable bonds is 16. The molecule has 0 aliphatic carbocycles. The van der Waals surface area contributed by atoms with E-state index in [1.165, 1.54) is 0 Å². The van der Waals surface area contributed by atoms with Crippen LogP contribution < -0.4 is 0 Å². The minimum Gasteiger partial charge on any atom is -0.481 e. The second-order valence-electron chi connectivity index (χ2n) is 4.90. The second kappa shape index (κ2) is 12.3. The Morgan fingerprint density at radius 2 is 1.00 bits per heavy atom. The molecular weight excluding hydrogens is 330 g/mol. The quantitative estimate of drug-likeness (QED) is 0.253. The first-order valence-corrected chi connectivity index (χ1v) is 7.04. The van der Waals surface area contributed by atoms with Gasteiger partial charge in [-0.3, -0.25) is 14.4 Å². The Morgan fingerprint density at radius 1 is 0.708 bits per heavy atom. The predicted octanol–water partition coefficient (Wildman–Crippen LogP) is -0.0345. The number of hydrogen-bond acceptors (Lipinski definition) is 8. The van der Waals surface area contributed by atoms with E-state index >= 15 is 0 Å². The molecule has 24 heavy (non-hydrogen) atoms. The van der Waals surface area contributed by atoms with Gasteiger partial charge in [0.25, 0.3) is 0 Å². The van der Waals surface area contributed by atoms with Crippen LogP contribution in [-0.4, -0.2) is 78.4 Å². The average molecular weight is 351 g/mol. The molecule has 0 amide bonds. The Labute approximate surface area is 137 Å². The molecule has 0 radical (unpaired) electrons. The van der Waals surface area contributed by atoms with Crippen LogP contribution in [0.2, 0.25) is 0 Å². The van der Waals surface area contributed by atoms with Crippen LogP contribution in [0.5, 0.6) is 0 Å². The van der Waals surface area contributed by atoms with Crippen LogP contribution in [0.25, 0.3) is 0 Å². The van der Waals surface area contributed by atoms with E-state index < -0.39 is 23.4 Å². The molecule has 0 saturated heterocycles. The summed E-state index contributed by atoms with van der Waals surface area (Å²) in [6, 6.07) is 0. The van der Waals surface area contributed by atoms with Crippen molar-refractivity contribution in [1.29, 1.82) is 0 Å². The fourth-order valence-corrected chi connectivity index (χ4v) is 1.47. The number of carboxylic acid groups (broad SMARTS) is 3. The summed E-state index contributed by atoms with van der Waals surface area (Å²) < 4.78 is 15.3. The van der Waals surface area contributed by atoms with E-state index in [0.717, 1.165) is 0 Å². The smallest absolute Gasteiger partial charge is 0.305 e. The van der Waals surface area contributed by atoms with Crippen molar-refractivity contribution in [3.8, 4) is 0 Å². The van der Waals surface area contributed by atoms with Gasteiger partial charge < -0.3 is 29.5 Å². The number of carboxylic acids is 3. The average Bonchev–Trinajstić information content (AvgIpc) is 2.51. The van der Waals surface area contributed by atoms with Gasteiger partial charge in [-0.15, -0.1) is 4.91 Å². The van der Waals surface area contributed by atoms with E-state index in [-0.39, 0.29) is 58.9 Å². The molecule has 11 nitrogen and oxygen atoms in total. The number of hydrogen-bond donors (Lipinski definition) is 3. The van der Waals surface area contributed by atoms with E-state index in [0.29, 0.717) is 0 Å². The lowest BCUT2D eigenvalue weighted by atomic mass is 10.1. The maximum atomic E-state index is 11.2. The molecule has 3 N–H and O–H groups in total. The number of nitrogens with zero attached hydrogens (tertiary/aromatic N) is 1. The highest BCUT2D eigenvalue weighted by Crippen LogP contribution is 2.14. The van der Waals surface area contributed by atoms with E-state index in [2.05, 4.69) is 5.18 Å². The van der Waals surface area contributed by atoms with Crippen molar-refractivity contribution < 1.29 is 43.9 Å². The molecule has 0 fully saturated rings. The summed E-state index contributed by atoms with van der Waals surface area (Å²) in [7, 11) is 0. The summed E-state index contributed by atoms with van der Waals surface area (Å²) in [6.45, 7) is -1.37. The Balaban J connectivity index is 4.48. The lowest BCUT2D eigenvalue weighted by molar-refractivity contribution is -0.139. The topological polar surface area (TPSA) is 169 Å². The monoisotopic (exact) mass is 351 g/mol. The van der Waals surface area contributed by atoms with Crippen LogP contribution in [0.15, 0.2) is 5.18 Å². The zero-order valence-corrected chi connectivity index (χ0v) is 13.0. The zero-order valence-electron chi connectivity index (χ0n) is 13.0. The van der Waals surface area contributed by atoms with Crippen molar-refractivity contribution in [3.63, 3.8) is 0 Å². The summed E-state index contributed by atoms with van der Waals surface area (Å²) >= 11 is 0. The summed E-state index contributed by atoms with van der Waals surface area (Å²) in [4.78, 5) is 42.4. The summed E-state index contributed by atoms with van der Waals surface area (Å²) in [6.07, 6.45) is -0.808. The molecule has 0 aromatic heterocycles. The van der Waals surface area contributed by atoms with Gasteiger partial charge in [0.05, 0.1) is 58.9 Å². The molecule has 0 aliphatic rings. The third-order valence-corrected chi connectivity index (χ3v) is 2.69. The molecule has 0 aliphatic heterocycles. The normalized spacial score (nSPS) is 11.2. The molecule has 0 aromatic carbocycles. The van der Waals surface area contributed by atoms with Crippen molar-refractivity contribution in [3.05, 3.63) is 4.91 Å². The van der Waals surface area contributed by atoms with Gasteiger partial charge in [0, 0.05) is 0 Å². The van der Waals surface area contributed by atoms with Crippen LogP contribution in [0.1, 0.15) is 19.3 Å². The highest BCUT2D eigenvalue weighted by atomic mass is 16.5. The van der Waals surface area contributed by atoms with Gasteiger partial charge in [-0.1, -0.05) is 5.18 Å². The lowest BCUT2D eigenvalue weighted by Gasteiger charge is -2.25. The maximum Gasteiger partial charge on any atom is 0.305 e. The molecule has 0 saturated carbocycles. The van der Waals surface area contributed by atoms with Crippen LogP contribution in [0, 0.1) is 4.91 Å². The van der Waals surface area contributed by atoms with Crippen molar-refractivity contribution >= 4 is 17.9 Å². The van der Waals surface area contributed by atoms with Gasteiger partial charge in [-0.2, -0.15) is 0 Å². The first kappa shape index (κ1) is 21.9. The maximum absolute atomic E-state index is 11.2. The van der Waals surface area contributed by atoms with E-state index in [4.69, 9.17) is 29.5 Å². The van der Waals surface area contributed by atoms with E-state index in [9.17, 15) is 19.3 Å². The Hall–Kier alpha value is -2.11. The van der Waals surface area contributed by atoms with Crippen molar-refractivity contribution in [2.75, 3.05) is 39.6 Å². The van der Waals surface area contributed by atoms with Gasteiger partial charge in [0.1, 0.15) is 0 Å². The van der Waals surface area contributed by atoms with Gasteiger partial charge in [0.15, 0.2) is 5.54 Å². The first-order chi connectivity index (χ1) is 11.3. The standard InChI is InChI=1S/C13H21NO10/c15-10(16)1-4-22-7-13(14-21,8-23-5-2-11(17)18)9-24-6-3-12(19)20/h1-9H2,(H,15,16)(H,17,18)(H,19,20). The molecule has 0 unspecified atom stereocenters. The highest BCUT2D eigenvalue weighted by molar-refractivity contribution is 5.67. The highest BCUT2D eigenvalue weighted by Gasteiger charge is 2.33. The summed E-state index contributed by atoms with van der Waals surface area (Å²) in [5.74, 6) is -3.22. The Bertz CT molecular complexity index is 370. The van der Waals surface area contributed by atoms with E-state index in [1.807, 2.05) is 0 Å². The van der Waals surface area contributed by atoms with Gasteiger partial charge in [-0.05, 0) is 0 Å². The molecular formula is C13H21NO10. The van der Waals surface area contributed by atoms with Gasteiger partial charge in [-0.25, -0.2) is 0 Å². The van der Waals surface area contributed by atoms with Crippen LogP contribution in [0.4, 0.5) is 0 Å². The SMILES string of the molecule is O=NC(COCCC(=O)O)(COCCC(=O)O)COCCC(=O)O. The van der Waals surface area contributed by atoms with Crippen LogP contribution in [-0.2, 0) is 28.6 Å². The third-order valence-electron chi connectivity index (χ3n) is 2.69. The Kier molecular flexibility index (Phi) is 11.2. The molecule has 138 valence electrons. The molecule has 0 spiro atoms. The second-order valence-corrected chi connectivity index (χ2v) is 4.90. The predicted molar refractivity (Wildman–Crippen MR) is 77.7 cm³/mol. The number of nitroso groups, excluding NO2 is 1. The Morgan fingerprint density at radius 3 is 1.21 bits per heavy atom. The van der Waals surface area contributed by atoms with Gasteiger partial charge >= 0.3 is 17.9 Å². The van der Waals surface area contributed by atoms with Crippen molar-refractivity contribution in [2.45, 2.75) is 24.8 Å². The zero-order chi connectivity index (χ0) is 18.4. The summed E-state index contributed by atoms with van der Waals surface area (Å²) in [5, 5.41) is 28.5.